The van der Waals surface area contributed by atoms with Crippen molar-refractivity contribution < 1.29 is 14.0 Å². The van der Waals surface area contributed by atoms with Crippen LogP contribution in [0.15, 0.2) is 24.3 Å². The first-order valence-corrected chi connectivity index (χ1v) is 8.01. The quantitative estimate of drug-likeness (QED) is 0.892. The Balaban J connectivity index is 2.24. The molecule has 1 aromatic carbocycles. The van der Waals surface area contributed by atoms with Crippen molar-refractivity contribution >= 4 is 11.9 Å². The third-order valence-electron chi connectivity index (χ3n) is 3.98. The Morgan fingerprint density at radius 3 is 2.70 bits per heavy atom. The maximum Gasteiger partial charge on any atom is 0.317 e. The summed E-state index contributed by atoms with van der Waals surface area (Å²) in [4.78, 5) is 26.2. The maximum absolute atomic E-state index is 13.5. The van der Waals surface area contributed by atoms with Crippen LogP contribution in [-0.4, -0.2) is 42.5 Å². The van der Waals surface area contributed by atoms with Crippen molar-refractivity contribution in [2.75, 3.05) is 19.6 Å². The Labute approximate surface area is 136 Å². The van der Waals surface area contributed by atoms with Gasteiger partial charge >= 0.3 is 6.03 Å². The van der Waals surface area contributed by atoms with Crippen LogP contribution in [0.1, 0.15) is 32.3 Å². The average Bonchev–Trinajstić information content (AvgIpc) is 2.92. The molecule has 1 aliphatic rings. The van der Waals surface area contributed by atoms with Crippen LogP contribution in [0.5, 0.6) is 0 Å². The van der Waals surface area contributed by atoms with E-state index in [0.717, 1.165) is 5.56 Å². The number of likely N-dealkylation sites (tertiary alicyclic amines) is 1. The van der Waals surface area contributed by atoms with Gasteiger partial charge in [-0.3, -0.25) is 4.79 Å². The van der Waals surface area contributed by atoms with E-state index in [0.29, 0.717) is 19.6 Å². The molecule has 0 bridgehead atoms. The molecule has 0 radical (unpaired) electrons. The van der Waals surface area contributed by atoms with E-state index in [2.05, 4.69) is 10.6 Å². The summed E-state index contributed by atoms with van der Waals surface area (Å²) in [5.74, 6) is -1.00. The highest BCUT2D eigenvalue weighted by atomic mass is 19.1. The van der Waals surface area contributed by atoms with Crippen LogP contribution < -0.4 is 10.6 Å². The molecule has 1 heterocycles. The predicted octanol–water partition coefficient (Wildman–Crippen LogP) is 2.10. The third kappa shape index (κ3) is 4.21. The topological polar surface area (TPSA) is 61.4 Å². The van der Waals surface area contributed by atoms with Crippen LogP contribution in [0.25, 0.3) is 0 Å². The van der Waals surface area contributed by atoms with Crippen LogP contribution in [0.2, 0.25) is 0 Å². The molecule has 1 aliphatic heterocycles. The van der Waals surface area contributed by atoms with Gasteiger partial charge in [-0.05, 0) is 38.5 Å². The standard InChI is InChI=1S/C17H24FN3O2/c1-4-19-17(23)21-9-14(12-6-5-7-13(18)8-12)15(10-21)16(22)20-11(2)3/h5-8,11,14-15H,4,9-10H2,1-3H3,(H,19,23)(H,20,22)/t14-,15-/m1/s1. The van der Waals surface area contributed by atoms with Crippen LogP contribution >= 0.6 is 0 Å². The second-order valence-electron chi connectivity index (χ2n) is 6.17. The summed E-state index contributed by atoms with van der Waals surface area (Å²) in [6.45, 7) is 6.91. The molecule has 1 saturated heterocycles. The van der Waals surface area contributed by atoms with E-state index in [1.807, 2.05) is 26.8 Å². The summed E-state index contributed by atoms with van der Waals surface area (Å²) in [6.07, 6.45) is 0. The Morgan fingerprint density at radius 2 is 2.09 bits per heavy atom. The molecular formula is C17H24FN3O2. The van der Waals surface area contributed by atoms with Gasteiger partial charge in [0.25, 0.3) is 0 Å². The summed E-state index contributed by atoms with van der Waals surface area (Å²) in [5.41, 5.74) is 0.751. The molecule has 23 heavy (non-hydrogen) atoms. The third-order valence-corrected chi connectivity index (χ3v) is 3.98. The summed E-state index contributed by atoms with van der Waals surface area (Å²) in [6, 6.07) is 6.11. The number of halogens is 1. The Morgan fingerprint density at radius 1 is 1.35 bits per heavy atom. The molecule has 126 valence electrons. The molecule has 0 aliphatic carbocycles. The average molecular weight is 321 g/mol. The van der Waals surface area contributed by atoms with E-state index < -0.39 is 0 Å². The van der Waals surface area contributed by atoms with Gasteiger partial charge in [0, 0.05) is 31.6 Å². The summed E-state index contributed by atoms with van der Waals surface area (Å²) in [7, 11) is 0. The number of carbonyl (C=O) groups excluding carboxylic acids is 2. The van der Waals surface area contributed by atoms with Crippen molar-refractivity contribution in [1.82, 2.24) is 15.5 Å². The number of nitrogens with one attached hydrogen (secondary N) is 2. The van der Waals surface area contributed by atoms with Crippen LogP contribution in [0.3, 0.4) is 0 Å². The fraction of sp³-hybridized carbons (Fsp3) is 0.529. The lowest BCUT2D eigenvalue weighted by molar-refractivity contribution is -0.125. The molecule has 2 atom stereocenters. The lowest BCUT2D eigenvalue weighted by Crippen LogP contribution is -2.41. The first-order valence-electron chi connectivity index (χ1n) is 8.01. The number of hydrogen-bond donors (Lipinski definition) is 2. The van der Waals surface area contributed by atoms with Gasteiger partial charge in [-0.2, -0.15) is 0 Å². The zero-order chi connectivity index (χ0) is 17.0. The van der Waals surface area contributed by atoms with Crippen molar-refractivity contribution in [2.45, 2.75) is 32.7 Å². The summed E-state index contributed by atoms with van der Waals surface area (Å²) >= 11 is 0. The lowest BCUT2D eigenvalue weighted by atomic mass is 9.88. The molecular weight excluding hydrogens is 297 g/mol. The second-order valence-corrected chi connectivity index (χ2v) is 6.17. The van der Waals surface area contributed by atoms with Gasteiger partial charge in [0.2, 0.25) is 5.91 Å². The van der Waals surface area contributed by atoms with Crippen LogP contribution in [0.4, 0.5) is 9.18 Å². The number of nitrogens with zero attached hydrogens (tertiary/aromatic N) is 1. The van der Waals surface area contributed by atoms with E-state index in [1.165, 1.54) is 12.1 Å². The normalized spacial score (nSPS) is 20.7. The molecule has 1 fully saturated rings. The Bertz CT molecular complexity index is 577. The smallest absolute Gasteiger partial charge is 0.317 e. The minimum Gasteiger partial charge on any atom is -0.354 e. The van der Waals surface area contributed by atoms with E-state index in [9.17, 15) is 14.0 Å². The van der Waals surface area contributed by atoms with Gasteiger partial charge in [-0.25, -0.2) is 9.18 Å². The summed E-state index contributed by atoms with van der Waals surface area (Å²) in [5, 5.41) is 5.65. The highest BCUT2D eigenvalue weighted by Gasteiger charge is 2.40. The fourth-order valence-electron chi connectivity index (χ4n) is 2.96. The van der Waals surface area contributed by atoms with Crippen molar-refractivity contribution in [2.24, 2.45) is 5.92 Å². The van der Waals surface area contributed by atoms with Gasteiger partial charge in [0.15, 0.2) is 0 Å². The highest BCUT2D eigenvalue weighted by molar-refractivity contribution is 5.83. The van der Waals surface area contributed by atoms with Crippen LogP contribution in [0, 0.1) is 11.7 Å². The number of carbonyl (C=O) groups is 2. The zero-order valence-corrected chi connectivity index (χ0v) is 13.8. The molecule has 1 aromatic rings. The van der Waals surface area contributed by atoms with Gasteiger partial charge < -0.3 is 15.5 Å². The summed E-state index contributed by atoms with van der Waals surface area (Å²) < 4.78 is 13.5. The molecule has 0 unspecified atom stereocenters. The van der Waals surface area contributed by atoms with Crippen molar-refractivity contribution in [3.05, 3.63) is 35.6 Å². The maximum atomic E-state index is 13.5. The van der Waals surface area contributed by atoms with Crippen LogP contribution in [-0.2, 0) is 4.79 Å². The monoisotopic (exact) mass is 321 g/mol. The lowest BCUT2D eigenvalue weighted by Gasteiger charge is -2.19. The van der Waals surface area contributed by atoms with Gasteiger partial charge in [0.1, 0.15) is 5.82 Å². The largest absolute Gasteiger partial charge is 0.354 e. The van der Waals surface area contributed by atoms with Gasteiger partial charge in [-0.15, -0.1) is 0 Å². The van der Waals surface area contributed by atoms with E-state index >= 15 is 0 Å². The highest BCUT2D eigenvalue weighted by Crippen LogP contribution is 2.33. The molecule has 0 spiro atoms. The molecule has 5 nitrogen and oxygen atoms in total. The van der Waals surface area contributed by atoms with Crippen molar-refractivity contribution in [3.8, 4) is 0 Å². The predicted molar refractivity (Wildman–Crippen MR) is 86.6 cm³/mol. The van der Waals surface area contributed by atoms with Gasteiger partial charge in [0.05, 0.1) is 5.92 Å². The minimum absolute atomic E-state index is 0.0224. The SMILES string of the molecule is CCNC(=O)N1C[C@H](c2cccc(F)c2)[C@H](C(=O)NC(C)C)C1. The van der Waals surface area contributed by atoms with Gasteiger partial charge in [-0.1, -0.05) is 12.1 Å². The molecule has 0 aromatic heterocycles. The van der Waals surface area contributed by atoms with E-state index in [-0.39, 0.29) is 35.6 Å². The number of rotatable bonds is 4. The minimum atomic E-state index is -0.373. The zero-order valence-electron chi connectivity index (χ0n) is 13.8. The molecule has 2 rings (SSSR count). The number of urea groups is 1. The second kappa shape index (κ2) is 7.44. The van der Waals surface area contributed by atoms with Crippen molar-refractivity contribution in [1.29, 1.82) is 0 Å². The first kappa shape index (κ1) is 17.2. The van der Waals surface area contributed by atoms with E-state index in [4.69, 9.17) is 0 Å². The Kier molecular flexibility index (Phi) is 5.58. The molecule has 0 saturated carbocycles. The number of amides is 3. The Hall–Kier alpha value is -2.11. The number of hydrogen-bond acceptors (Lipinski definition) is 2. The number of benzene rings is 1. The first-order chi connectivity index (χ1) is 10.9. The molecule has 2 N–H and O–H groups in total. The van der Waals surface area contributed by atoms with E-state index in [1.54, 1.807) is 11.0 Å². The van der Waals surface area contributed by atoms with Crippen molar-refractivity contribution in [3.63, 3.8) is 0 Å². The molecule has 6 heteroatoms. The molecule has 3 amide bonds. The fourth-order valence-corrected chi connectivity index (χ4v) is 2.96.